The highest BCUT2D eigenvalue weighted by Crippen LogP contribution is 2.46. The average Bonchev–Trinajstić information content (AvgIpc) is 3.35. The molecule has 1 aliphatic rings. The molecule has 4 aromatic rings. The van der Waals surface area contributed by atoms with Gasteiger partial charge in [-0.25, -0.2) is 0 Å². The number of aromatic nitrogens is 2. The molecule has 2 aromatic carbocycles. The van der Waals surface area contributed by atoms with Crippen LogP contribution in [0.1, 0.15) is 40.3 Å². The molecule has 0 saturated carbocycles. The van der Waals surface area contributed by atoms with Crippen molar-refractivity contribution in [2.24, 2.45) is 0 Å². The summed E-state index contributed by atoms with van der Waals surface area (Å²) in [5, 5.41) is 4.21. The number of hydrogen-bond acceptors (Lipinski definition) is 3. The molecule has 0 unspecified atom stereocenters. The quantitative estimate of drug-likeness (QED) is 0.365. The van der Waals surface area contributed by atoms with Gasteiger partial charge in [-0.1, -0.05) is 36.4 Å². The van der Waals surface area contributed by atoms with Gasteiger partial charge in [-0.3, -0.25) is 4.98 Å². The Labute approximate surface area is 206 Å². The molecule has 0 bridgehead atoms. The van der Waals surface area contributed by atoms with Gasteiger partial charge in [-0.05, 0) is 80.5 Å². The van der Waals surface area contributed by atoms with Gasteiger partial charge in [-0.15, -0.1) is 0 Å². The highest BCUT2D eigenvalue weighted by molar-refractivity contribution is 7.80. The van der Waals surface area contributed by atoms with Crippen LogP contribution in [0.5, 0.6) is 5.75 Å². The van der Waals surface area contributed by atoms with Gasteiger partial charge in [0.1, 0.15) is 5.75 Å². The molecule has 0 spiro atoms. The smallest absolute Gasteiger partial charge is 0.174 e. The summed E-state index contributed by atoms with van der Waals surface area (Å²) < 4.78 is 8.06. The zero-order valence-electron chi connectivity index (χ0n) is 19.8. The summed E-state index contributed by atoms with van der Waals surface area (Å²) in [4.78, 5) is 6.86. The number of ether oxygens (including phenoxy) is 1. The molecule has 34 heavy (non-hydrogen) atoms. The zero-order valence-corrected chi connectivity index (χ0v) is 20.6. The molecule has 1 N–H and O–H groups in total. The monoisotopic (exact) mass is 468 g/mol. The van der Waals surface area contributed by atoms with Crippen molar-refractivity contribution < 1.29 is 4.74 Å². The van der Waals surface area contributed by atoms with E-state index in [9.17, 15) is 0 Å². The maximum Gasteiger partial charge on any atom is 0.174 e. The number of pyridine rings is 1. The standard InChI is InChI=1S/C28H28N4OS/c1-18-11-5-6-13-23(18)31-19(2)17-21(20(31)3)27-26(22-12-9-10-16-29-22)30-28(34)32(27)24-14-7-8-15-25(24)33-4/h5-17,26-27H,1-4H3,(H,30,34)/t26-,27-/m0/s1. The molecule has 172 valence electrons. The van der Waals surface area contributed by atoms with Crippen LogP contribution in [0.4, 0.5) is 5.69 Å². The van der Waals surface area contributed by atoms with Gasteiger partial charge in [0.25, 0.3) is 0 Å². The maximum absolute atomic E-state index is 5.91. The predicted molar refractivity (Wildman–Crippen MR) is 141 cm³/mol. The van der Waals surface area contributed by atoms with Gasteiger partial charge in [0.2, 0.25) is 0 Å². The molecule has 1 aliphatic heterocycles. The minimum absolute atomic E-state index is 0.0948. The molecule has 2 aromatic heterocycles. The molecule has 1 fully saturated rings. The van der Waals surface area contributed by atoms with E-state index < -0.39 is 0 Å². The molecule has 1 saturated heterocycles. The number of methoxy groups -OCH3 is 1. The third kappa shape index (κ3) is 3.64. The van der Waals surface area contributed by atoms with Crippen molar-refractivity contribution in [1.29, 1.82) is 0 Å². The molecule has 0 amide bonds. The van der Waals surface area contributed by atoms with Gasteiger partial charge in [0, 0.05) is 23.3 Å². The molecule has 2 atom stereocenters. The maximum atomic E-state index is 5.91. The van der Waals surface area contributed by atoms with Crippen LogP contribution in [0.3, 0.4) is 0 Å². The summed E-state index contributed by atoms with van der Waals surface area (Å²) in [6.07, 6.45) is 1.83. The first-order valence-corrected chi connectivity index (χ1v) is 11.8. The van der Waals surface area contributed by atoms with Crippen molar-refractivity contribution in [3.05, 3.63) is 107 Å². The van der Waals surface area contributed by atoms with Crippen molar-refractivity contribution >= 4 is 23.0 Å². The van der Waals surface area contributed by atoms with E-state index in [0.717, 1.165) is 17.1 Å². The summed E-state index contributed by atoms with van der Waals surface area (Å²) >= 11 is 5.91. The summed E-state index contributed by atoms with van der Waals surface area (Å²) in [6.45, 7) is 6.50. The van der Waals surface area contributed by atoms with Crippen molar-refractivity contribution in [3.63, 3.8) is 0 Å². The highest BCUT2D eigenvalue weighted by atomic mass is 32.1. The van der Waals surface area contributed by atoms with E-state index in [1.54, 1.807) is 7.11 Å². The molecule has 0 aliphatic carbocycles. The first-order valence-electron chi connectivity index (χ1n) is 11.4. The van der Waals surface area contributed by atoms with Gasteiger partial charge in [0.05, 0.1) is 30.6 Å². The Balaban J connectivity index is 1.72. The second-order valence-electron chi connectivity index (χ2n) is 8.62. The van der Waals surface area contributed by atoms with Crippen LogP contribution in [-0.2, 0) is 0 Å². The number of nitrogens with one attached hydrogen (secondary N) is 1. The molecular formula is C28H28N4OS. The van der Waals surface area contributed by atoms with E-state index >= 15 is 0 Å². The van der Waals surface area contributed by atoms with Crippen LogP contribution in [0.15, 0.2) is 79.0 Å². The Kier molecular flexibility index (Phi) is 5.84. The summed E-state index contributed by atoms with van der Waals surface area (Å²) in [5.74, 6) is 0.783. The van der Waals surface area contributed by atoms with Crippen LogP contribution in [-0.4, -0.2) is 21.8 Å². The van der Waals surface area contributed by atoms with Crippen molar-refractivity contribution in [3.8, 4) is 11.4 Å². The largest absolute Gasteiger partial charge is 0.495 e. The highest BCUT2D eigenvalue weighted by Gasteiger charge is 2.43. The summed E-state index contributed by atoms with van der Waals surface area (Å²) in [5.41, 5.74) is 7.88. The number of rotatable bonds is 5. The predicted octanol–water partition coefficient (Wildman–Crippen LogP) is 5.98. The van der Waals surface area contributed by atoms with Gasteiger partial charge >= 0.3 is 0 Å². The summed E-state index contributed by atoms with van der Waals surface area (Å²) in [6, 6.07) is 24.6. The topological polar surface area (TPSA) is 42.3 Å². The van der Waals surface area contributed by atoms with Crippen molar-refractivity contribution in [1.82, 2.24) is 14.9 Å². The third-order valence-corrected chi connectivity index (χ3v) is 6.90. The third-order valence-electron chi connectivity index (χ3n) is 6.59. The van der Waals surface area contributed by atoms with E-state index in [1.165, 1.54) is 28.2 Å². The lowest BCUT2D eigenvalue weighted by Gasteiger charge is -2.29. The van der Waals surface area contributed by atoms with Gasteiger partial charge in [0.15, 0.2) is 5.11 Å². The molecule has 5 rings (SSSR count). The molecule has 0 radical (unpaired) electrons. The van der Waals surface area contributed by atoms with Gasteiger partial charge in [-0.2, -0.15) is 0 Å². The second-order valence-corrected chi connectivity index (χ2v) is 9.00. The van der Waals surface area contributed by atoms with Gasteiger partial charge < -0.3 is 19.5 Å². The van der Waals surface area contributed by atoms with E-state index in [1.807, 2.05) is 36.5 Å². The van der Waals surface area contributed by atoms with Crippen LogP contribution in [0.25, 0.3) is 5.69 Å². The number of para-hydroxylation sites is 3. The van der Waals surface area contributed by atoms with E-state index in [4.69, 9.17) is 17.0 Å². The van der Waals surface area contributed by atoms with Crippen LogP contribution in [0, 0.1) is 20.8 Å². The molecule has 6 heteroatoms. The minimum atomic E-state index is -0.107. The lowest BCUT2D eigenvalue weighted by atomic mass is 9.96. The first-order chi connectivity index (χ1) is 16.5. The Bertz CT molecular complexity index is 1350. The lowest BCUT2D eigenvalue weighted by Crippen LogP contribution is -2.30. The molecule has 5 nitrogen and oxygen atoms in total. The van der Waals surface area contributed by atoms with E-state index in [-0.39, 0.29) is 12.1 Å². The van der Waals surface area contributed by atoms with Crippen molar-refractivity contribution in [2.45, 2.75) is 32.9 Å². The zero-order chi connectivity index (χ0) is 23.8. The lowest BCUT2D eigenvalue weighted by molar-refractivity contribution is 0.414. The SMILES string of the molecule is COc1ccccc1N1C(=S)N[C@@H](c2ccccn2)[C@@H]1c1cc(C)n(-c2ccccc2C)c1C. The Morgan fingerprint density at radius 1 is 0.912 bits per heavy atom. The first kappa shape index (κ1) is 22.2. The Morgan fingerprint density at radius 2 is 1.62 bits per heavy atom. The molecule has 3 heterocycles. The fraction of sp³-hybridized carbons (Fsp3) is 0.214. The number of benzene rings is 2. The number of hydrogen-bond donors (Lipinski definition) is 1. The van der Waals surface area contributed by atoms with E-state index in [0.29, 0.717) is 5.11 Å². The average molecular weight is 469 g/mol. The van der Waals surface area contributed by atoms with Crippen LogP contribution < -0.4 is 15.0 Å². The number of thiocarbonyl (C=S) groups is 1. The fourth-order valence-electron chi connectivity index (χ4n) is 5.03. The molecular weight excluding hydrogens is 440 g/mol. The summed E-state index contributed by atoms with van der Waals surface area (Å²) in [7, 11) is 1.70. The number of aryl methyl sites for hydroxylation is 2. The van der Waals surface area contributed by atoms with E-state index in [2.05, 4.69) is 83.0 Å². The van der Waals surface area contributed by atoms with Crippen LogP contribution >= 0.6 is 12.2 Å². The minimum Gasteiger partial charge on any atom is -0.495 e. The normalized spacial score (nSPS) is 17.6. The fourth-order valence-corrected chi connectivity index (χ4v) is 5.37. The number of anilines is 1. The van der Waals surface area contributed by atoms with Crippen molar-refractivity contribution in [2.75, 3.05) is 12.0 Å². The Morgan fingerprint density at radius 3 is 2.32 bits per heavy atom. The second kappa shape index (κ2) is 8.95. The number of nitrogens with zero attached hydrogens (tertiary/aromatic N) is 3. The van der Waals surface area contributed by atoms with Crippen LogP contribution in [0.2, 0.25) is 0 Å². The Hall–Kier alpha value is -3.64.